The highest BCUT2D eigenvalue weighted by Crippen LogP contribution is 2.27. The van der Waals surface area contributed by atoms with Crippen LogP contribution in [-0.4, -0.2) is 25.6 Å². The zero-order valence-corrected chi connectivity index (χ0v) is 21.0. The molecule has 1 aromatic carbocycles. The van der Waals surface area contributed by atoms with Crippen molar-refractivity contribution < 1.29 is 13.2 Å². The number of rotatable bonds is 9. The monoisotopic (exact) mass is 462 g/mol. The van der Waals surface area contributed by atoms with Crippen LogP contribution in [0.15, 0.2) is 53.0 Å². The number of carbonyl (C=O) groups excluding carboxylic acids is 1. The smallest absolute Gasteiger partial charge is 0.223 e. The lowest BCUT2D eigenvalue weighted by Crippen LogP contribution is -2.05. The van der Waals surface area contributed by atoms with E-state index in [2.05, 4.69) is 35.5 Å². The van der Waals surface area contributed by atoms with Gasteiger partial charge in [0, 0.05) is 24.5 Å². The lowest BCUT2D eigenvalue weighted by Gasteiger charge is -2.04. The van der Waals surface area contributed by atoms with Gasteiger partial charge in [-0.2, -0.15) is 0 Å². The van der Waals surface area contributed by atoms with Gasteiger partial charge in [0.15, 0.2) is 15.0 Å². The quantitative estimate of drug-likeness (QED) is 0.368. The lowest BCUT2D eigenvalue weighted by atomic mass is 10.1. The number of hydrogen-bond donors (Lipinski definition) is 1. The maximum absolute atomic E-state index is 11.6. The number of benzene rings is 1. The first-order valence-corrected chi connectivity index (χ1v) is 13.2. The first kappa shape index (κ1) is 26.8. The van der Waals surface area contributed by atoms with Gasteiger partial charge in [-0.15, -0.1) is 11.3 Å². The van der Waals surface area contributed by atoms with Gasteiger partial charge in [-0.3, -0.25) is 4.79 Å². The molecule has 1 amide bonds. The molecule has 0 fully saturated rings. The summed E-state index contributed by atoms with van der Waals surface area (Å²) >= 11 is 1.48. The fourth-order valence-corrected chi connectivity index (χ4v) is 4.43. The van der Waals surface area contributed by atoms with Crippen LogP contribution < -0.4 is 5.32 Å². The van der Waals surface area contributed by atoms with E-state index in [9.17, 15) is 13.2 Å². The van der Waals surface area contributed by atoms with Crippen LogP contribution in [0.4, 0.5) is 5.13 Å². The Morgan fingerprint density at radius 2 is 1.81 bits per heavy atom. The summed E-state index contributed by atoms with van der Waals surface area (Å²) in [5.74, 6) is -0.140. The molecular formula is C24H34N2O3S2. The minimum absolute atomic E-state index is 0.140. The van der Waals surface area contributed by atoms with E-state index in [0.717, 1.165) is 35.4 Å². The van der Waals surface area contributed by atoms with Crippen LogP contribution in [0.5, 0.6) is 0 Å². The van der Waals surface area contributed by atoms with Crippen molar-refractivity contribution >= 4 is 32.2 Å². The normalized spacial score (nSPS) is 11.9. The Morgan fingerprint density at radius 1 is 1.16 bits per heavy atom. The molecule has 0 aliphatic carbocycles. The molecule has 0 atom stereocenters. The second-order valence-electron chi connectivity index (χ2n) is 6.99. The van der Waals surface area contributed by atoms with E-state index in [-0.39, 0.29) is 5.91 Å². The number of nitrogens with one attached hydrogen (secondary N) is 1. The van der Waals surface area contributed by atoms with Crippen molar-refractivity contribution in [1.82, 2.24) is 4.98 Å². The first-order chi connectivity index (χ1) is 14.7. The van der Waals surface area contributed by atoms with Crippen LogP contribution in [0.25, 0.3) is 0 Å². The van der Waals surface area contributed by atoms with Crippen molar-refractivity contribution in [1.29, 1.82) is 0 Å². The van der Waals surface area contributed by atoms with Crippen LogP contribution >= 0.6 is 11.3 Å². The predicted octanol–water partition coefficient (Wildman–Crippen LogP) is 5.97. The molecule has 170 valence electrons. The number of unbranched alkanes of at least 4 members (excludes halogenated alkanes) is 1. The Bertz CT molecular complexity index is 1000. The minimum Gasteiger partial charge on any atom is -0.302 e. The average Bonchev–Trinajstić information content (AvgIpc) is 3.08. The SMILES string of the molecule is C/C=C(C)\C=C/CCCc1nc(NC(C)=O)sc1Cc1ccc(S(C)(=O)=O)cc1.CC. The van der Waals surface area contributed by atoms with E-state index >= 15 is 0 Å². The number of hydrogen-bond acceptors (Lipinski definition) is 5. The highest BCUT2D eigenvalue weighted by Gasteiger charge is 2.13. The van der Waals surface area contributed by atoms with Crippen LogP contribution in [0.1, 0.15) is 63.6 Å². The fraction of sp³-hybridized carbons (Fsp3) is 0.417. The molecule has 0 spiro atoms. The van der Waals surface area contributed by atoms with Crippen molar-refractivity contribution in [2.75, 3.05) is 11.6 Å². The van der Waals surface area contributed by atoms with E-state index in [1.54, 1.807) is 12.1 Å². The molecule has 0 radical (unpaired) electrons. The van der Waals surface area contributed by atoms with Crippen molar-refractivity contribution in [2.24, 2.45) is 0 Å². The molecule has 1 aromatic heterocycles. The van der Waals surface area contributed by atoms with Gasteiger partial charge in [0.05, 0.1) is 10.6 Å². The maximum atomic E-state index is 11.6. The van der Waals surface area contributed by atoms with E-state index in [4.69, 9.17) is 0 Å². The molecule has 2 aromatic rings. The largest absolute Gasteiger partial charge is 0.302 e. The van der Waals surface area contributed by atoms with Crippen LogP contribution in [0.3, 0.4) is 0 Å². The Labute approximate surface area is 191 Å². The van der Waals surface area contributed by atoms with Gasteiger partial charge in [-0.1, -0.05) is 49.8 Å². The van der Waals surface area contributed by atoms with Crippen molar-refractivity contribution in [3.8, 4) is 0 Å². The van der Waals surface area contributed by atoms with E-state index in [1.807, 2.05) is 32.9 Å². The predicted molar refractivity (Wildman–Crippen MR) is 132 cm³/mol. The molecule has 0 saturated heterocycles. The number of amides is 1. The number of sulfone groups is 1. The Morgan fingerprint density at radius 3 is 2.35 bits per heavy atom. The number of allylic oxidation sites excluding steroid dienone is 4. The average molecular weight is 463 g/mol. The standard InChI is InChI=1S/C22H28N2O3S2.C2H6/c1-5-16(2)9-7-6-8-10-20-21(28-22(24-20)23-17(3)25)15-18-11-13-19(14-12-18)29(4,26)27;1-2/h5,7,9,11-14H,6,8,10,15H2,1-4H3,(H,23,24,25);1-2H3/b9-7-,16-5-;. The summed E-state index contributed by atoms with van der Waals surface area (Å²) in [5, 5.41) is 3.38. The van der Waals surface area contributed by atoms with Gasteiger partial charge >= 0.3 is 0 Å². The number of nitrogens with zero attached hydrogens (tertiary/aromatic N) is 1. The summed E-state index contributed by atoms with van der Waals surface area (Å²) in [4.78, 5) is 17.4. The molecule has 5 nitrogen and oxygen atoms in total. The molecule has 0 bridgehead atoms. The highest BCUT2D eigenvalue weighted by atomic mass is 32.2. The number of carbonyl (C=O) groups is 1. The van der Waals surface area contributed by atoms with Crippen LogP contribution in [0, 0.1) is 0 Å². The number of aryl methyl sites for hydroxylation is 1. The third-order valence-corrected chi connectivity index (χ3v) is 6.54. The summed E-state index contributed by atoms with van der Waals surface area (Å²) in [5.41, 5.74) is 3.24. The van der Waals surface area contributed by atoms with Crippen molar-refractivity contribution in [3.63, 3.8) is 0 Å². The third-order valence-electron chi connectivity index (χ3n) is 4.40. The van der Waals surface area contributed by atoms with Gasteiger partial charge in [0.1, 0.15) is 0 Å². The molecule has 2 rings (SSSR count). The molecule has 1 heterocycles. The Hall–Kier alpha value is -2.25. The molecular weight excluding hydrogens is 428 g/mol. The van der Waals surface area contributed by atoms with Gasteiger partial charge in [0.2, 0.25) is 5.91 Å². The van der Waals surface area contributed by atoms with Crippen LogP contribution in [-0.2, 0) is 27.5 Å². The summed E-state index contributed by atoms with van der Waals surface area (Å²) in [6.45, 7) is 9.57. The zero-order valence-electron chi connectivity index (χ0n) is 19.4. The van der Waals surface area contributed by atoms with E-state index < -0.39 is 9.84 Å². The molecule has 0 saturated carbocycles. The Kier molecular flexibility index (Phi) is 11.4. The molecule has 1 N–H and O–H groups in total. The van der Waals surface area contributed by atoms with Gasteiger partial charge in [-0.05, 0) is 50.8 Å². The zero-order chi connectivity index (χ0) is 23.4. The molecule has 7 heteroatoms. The number of aromatic nitrogens is 1. The topological polar surface area (TPSA) is 76.1 Å². The number of thiazole rings is 1. The lowest BCUT2D eigenvalue weighted by molar-refractivity contribution is -0.114. The van der Waals surface area contributed by atoms with Crippen molar-refractivity contribution in [2.45, 2.75) is 65.2 Å². The summed E-state index contributed by atoms with van der Waals surface area (Å²) < 4.78 is 23.3. The third kappa shape index (κ3) is 9.61. The van der Waals surface area contributed by atoms with E-state index in [1.165, 1.54) is 30.1 Å². The van der Waals surface area contributed by atoms with Gasteiger partial charge in [0.25, 0.3) is 0 Å². The molecule has 0 aliphatic rings. The second-order valence-corrected chi connectivity index (χ2v) is 10.1. The minimum atomic E-state index is -3.20. The van der Waals surface area contributed by atoms with Crippen LogP contribution in [0.2, 0.25) is 0 Å². The fourth-order valence-electron chi connectivity index (χ4n) is 2.71. The first-order valence-electron chi connectivity index (χ1n) is 10.5. The summed E-state index contributed by atoms with van der Waals surface area (Å²) in [7, 11) is -3.20. The Balaban J connectivity index is 0.00000233. The van der Waals surface area contributed by atoms with E-state index in [0.29, 0.717) is 16.4 Å². The second kappa shape index (κ2) is 13.2. The van der Waals surface area contributed by atoms with Gasteiger partial charge in [-0.25, -0.2) is 13.4 Å². The van der Waals surface area contributed by atoms with Gasteiger partial charge < -0.3 is 5.32 Å². The highest BCUT2D eigenvalue weighted by molar-refractivity contribution is 7.90. The molecule has 0 aliphatic heterocycles. The summed E-state index contributed by atoms with van der Waals surface area (Å²) in [6.07, 6.45) is 11.0. The number of anilines is 1. The van der Waals surface area contributed by atoms with Crippen molar-refractivity contribution in [3.05, 3.63) is 64.2 Å². The maximum Gasteiger partial charge on any atom is 0.223 e. The molecule has 0 unspecified atom stereocenters. The summed E-state index contributed by atoms with van der Waals surface area (Å²) in [6, 6.07) is 6.93. The molecule has 31 heavy (non-hydrogen) atoms.